The predicted molar refractivity (Wildman–Crippen MR) is 103 cm³/mol. The molecule has 7 heteroatoms. The van der Waals surface area contributed by atoms with Crippen LogP contribution in [0.5, 0.6) is 0 Å². The molecule has 2 aromatic carbocycles. The highest BCUT2D eigenvalue weighted by Gasteiger charge is 2.04. The molecule has 0 fully saturated rings. The summed E-state index contributed by atoms with van der Waals surface area (Å²) in [5.41, 5.74) is 3.10. The minimum Gasteiger partial charge on any atom is -0.353 e. The molecule has 0 aliphatic carbocycles. The molecule has 0 spiro atoms. The van der Waals surface area contributed by atoms with Crippen LogP contribution in [0.15, 0.2) is 48.7 Å². The summed E-state index contributed by atoms with van der Waals surface area (Å²) >= 11 is 12.0. The third-order valence-corrected chi connectivity index (χ3v) is 4.08. The largest absolute Gasteiger partial charge is 0.353 e. The number of hydrogen-bond acceptors (Lipinski definition) is 5. The van der Waals surface area contributed by atoms with E-state index in [0.717, 1.165) is 28.3 Å². The van der Waals surface area contributed by atoms with Gasteiger partial charge in [-0.15, -0.1) is 5.10 Å². The minimum atomic E-state index is 0.465. The number of halogens is 2. The summed E-state index contributed by atoms with van der Waals surface area (Å²) in [6.45, 7) is 2.68. The molecule has 0 radical (unpaired) electrons. The molecule has 1 heterocycles. The Hall–Kier alpha value is -2.37. The first-order chi connectivity index (χ1) is 12.1. The summed E-state index contributed by atoms with van der Waals surface area (Å²) in [6, 6.07) is 13.4. The van der Waals surface area contributed by atoms with Crippen molar-refractivity contribution in [2.45, 2.75) is 13.3 Å². The number of nitrogens with one attached hydrogen (secondary N) is 2. The fourth-order valence-corrected chi connectivity index (χ4v) is 2.70. The van der Waals surface area contributed by atoms with Gasteiger partial charge in [0.25, 0.3) is 0 Å². The van der Waals surface area contributed by atoms with Gasteiger partial charge in [0.05, 0.1) is 6.20 Å². The summed E-state index contributed by atoms with van der Waals surface area (Å²) in [7, 11) is 0. The number of hydrogen-bond donors (Lipinski definition) is 2. The van der Waals surface area contributed by atoms with Gasteiger partial charge in [0.1, 0.15) is 0 Å². The lowest BCUT2D eigenvalue weighted by molar-refractivity contribution is 0.929. The second-order valence-electron chi connectivity index (χ2n) is 5.56. The van der Waals surface area contributed by atoms with Crippen molar-refractivity contribution < 1.29 is 0 Å². The normalized spacial score (nSPS) is 10.5. The standard InChI is InChI=1S/C18H17Cl2N5/c1-12-5-6-15(20)10-16(12)23-17-11-22-25-18(24-17)21-8-7-13-3-2-4-14(19)9-13/h2-6,9-11H,7-8H2,1H3,(H2,21,23,24,25). The fraction of sp³-hybridized carbons (Fsp3) is 0.167. The maximum Gasteiger partial charge on any atom is 0.244 e. The monoisotopic (exact) mass is 373 g/mol. The van der Waals surface area contributed by atoms with E-state index >= 15 is 0 Å². The van der Waals surface area contributed by atoms with Gasteiger partial charge in [-0.3, -0.25) is 0 Å². The summed E-state index contributed by atoms with van der Waals surface area (Å²) in [5, 5.41) is 15.8. The van der Waals surface area contributed by atoms with E-state index in [-0.39, 0.29) is 0 Å². The van der Waals surface area contributed by atoms with E-state index in [1.165, 1.54) is 0 Å². The smallest absolute Gasteiger partial charge is 0.244 e. The zero-order valence-corrected chi connectivity index (χ0v) is 15.1. The van der Waals surface area contributed by atoms with Crippen LogP contribution in [0.25, 0.3) is 0 Å². The molecule has 0 saturated heterocycles. The van der Waals surface area contributed by atoms with E-state index in [1.807, 2.05) is 49.4 Å². The van der Waals surface area contributed by atoms with Crippen molar-refractivity contribution in [2.24, 2.45) is 0 Å². The zero-order chi connectivity index (χ0) is 17.6. The molecule has 0 unspecified atom stereocenters. The van der Waals surface area contributed by atoms with Crippen LogP contribution in [0, 0.1) is 6.92 Å². The average molecular weight is 374 g/mol. The fourth-order valence-electron chi connectivity index (χ4n) is 2.32. The molecule has 0 saturated carbocycles. The Kier molecular flexibility index (Phi) is 5.68. The van der Waals surface area contributed by atoms with E-state index < -0.39 is 0 Å². The van der Waals surface area contributed by atoms with Crippen LogP contribution in [0.4, 0.5) is 17.5 Å². The maximum atomic E-state index is 6.04. The summed E-state index contributed by atoms with van der Waals surface area (Å²) < 4.78 is 0. The van der Waals surface area contributed by atoms with Crippen molar-refractivity contribution in [3.8, 4) is 0 Å². The molecular weight excluding hydrogens is 357 g/mol. The topological polar surface area (TPSA) is 62.7 Å². The van der Waals surface area contributed by atoms with Gasteiger partial charge in [0.2, 0.25) is 5.95 Å². The molecule has 0 amide bonds. The number of nitrogens with zero attached hydrogens (tertiary/aromatic N) is 3. The van der Waals surface area contributed by atoms with Crippen molar-refractivity contribution in [3.63, 3.8) is 0 Å². The summed E-state index contributed by atoms with van der Waals surface area (Å²) in [6.07, 6.45) is 2.39. The lowest BCUT2D eigenvalue weighted by atomic mass is 10.1. The Balaban J connectivity index is 1.62. The first-order valence-corrected chi connectivity index (χ1v) is 8.57. The van der Waals surface area contributed by atoms with Crippen LogP contribution in [-0.4, -0.2) is 21.7 Å². The van der Waals surface area contributed by atoms with E-state index in [0.29, 0.717) is 23.3 Å². The number of aryl methyl sites for hydroxylation is 1. The van der Waals surface area contributed by atoms with Crippen molar-refractivity contribution in [2.75, 3.05) is 17.2 Å². The molecule has 0 aliphatic heterocycles. The molecule has 3 rings (SSSR count). The van der Waals surface area contributed by atoms with Gasteiger partial charge >= 0.3 is 0 Å². The Labute approximate surface area is 156 Å². The number of aromatic nitrogens is 3. The van der Waals surface area contributed by atoms with E-state index in [4.69, 9.17) is 23.2 Å². The minimum absolute atomic E-state index is 0.465. The van der Waals surface area contributed by atoms with Gasteiger partial charge in [-0.25, -0.2) is 0 Å². The lowest BCUT2D eigenvalue weighted by Crippen LogP contribution is -2.09. The van der Waals surface area contributed by atoms with Gasteiger partial charge in [0, 0.05) is 22.3 Å². The maximum absolute atomic E-state index is 6.04. The van der Waals surface area contributed by atoms with E-state index in [9.17, 15) is 0 Å². The molecular formula is C18H17Cl2N5. The third-order valence-electron chi connectivity index (χ3n) is 3.61. The van der Waals surface area contributed by atoms with Crippen molar-refractivity contribution in [3.05, 3.63) is 69.8 Å². The summed E-state index contributed by atoms with van der Waals surface area (Å²) in [5.74, 6) is 1.07. The molecule has 3 aromatic rings. The molecule has 0 atom stereocenters. The highest BCUT2D eigenvalue weighted by molar-refractivity contribution is 6.31. The van der Waals surface area contributed by atoms with Crippen LogP contribution in [0.3, 0.4) is 0 Å². The molecule has 128 valence electrons. The molecule has 0 aliphatic rings. The highest BCUT2D eigenvalue weighted by atomic mass is 35.5. The van der Waals surface area contributed by atoms with E-state index in [2.05, 4.69) is 25.8 Å². The van der Waals surface area contributed by atoms with Crippen molar-refractivity contribution >= 4 is 40.7 Å². The Morgan fingerprint density at radius 2 is 1.88 bits per heavy atom. The van der Waals surface area contributed by atoms with Crippen LogP contribution in [0.2, 0.25) is 10.0 Å². The predicted octanol–water partition coefficient (Wildman–Crippen LogP) is 4.89. The van der Waals surface area contributed by atoms with Crippen LogP contribution in [-0.2, 0) is 6.42 Å². The number of benzene rings is 2. The van der Waals surface area contributed by atoms with Crippen molar-refractivity contribution in [1.82, 2.24) is 15.2 Å². The second kappa shape index (κ2) is 8.14. The molecule has 2 N–H and O–H groups in total. The van der Waals surface area contributed by atoms with Crippen LogP contribution < -0.4 is 10.6 Å². The Morgan fingerprint density at radius 1 is 1.04 bits per heavy atom. The highest BCUT2D eigenvalue weighted by Crippen LogP contribution is 2.23. The van der Waals surface area contributed by atoms with Crippen LogP contribution >= 0.6 is 23.2 Å². The van der Waals surface area contributed by atoms with Gasteiger partial charge in [-0.1, -0.05) is 41.4 Å². The zero-order valence-electron chi connectivity index (χ0n) is 13.6. The van der Waals surface area contributed by atoms with Gasteiger partial charge in [0.15, 0.2) is 5.82 Å². The first kappa shape index (κ1) is 17.5. The van der Waals surface area contributed by atoms with Gasteiger partial charge in [-0.05, 0) is 48.7 Å². The summed E-state index contributed by atoms with van der Waals surface area (Å²) in [4.78, 5) is 4.42. The van der Waals surface area contributed by atoms with Gasteiger partial charge in [-0.2, -0.15) is 10.1 Å². The van der Waals surface area contributed by atoms with Crippen LogP contribution in [0.1, 0.15) is 11.1 Å². The first-order valence-electron chi connectivity index (χ1n) is 7.81. The Morgan fingerprint density at radius 3 is 2.72 bits per heavy atom. The quantitative estimate of drug-likeness (QED) is 0.644. The lowest BCUT2D eigenvalue weighted by Gasteiger charge is -2.10. The number of rotatable bonds is 6. The Bertz CT molecular complexity index is 870. The molecule has 5 nitrogen and oxygen atoms in total. The van der Waals surface area contributed by atoms with Crippen molar-refractivity contribution in [1.29, 1.82) is 0 Å². The van der Waals surface area contributed by atoms with E-state index in [1.54, 1.807) is 6.20 Å². The SMILES string of the molecule is Cc1ccc(Cl)cc1Nc1cnnc(NCCc2cccc(Cl)c2)n1. The third kappa shape index (κ3) is 5.05. The molecule has 25 heavy (non-hydrogen) atoms. The average Bonchev–Trinajstić information content (AvgIpc) is 2.59. The van der Waals surface area contributed by atoms with Gasteiger partial charge < -0.3 is 10.6 Å². The number of anilines is 3. The molecule has 0 bridgehead atoms. The molecule has 1 aromatic heterocycles. The second-order valence-corrected chi connectivity index (χ2v) is 6.43.